The van der Waals surface area contributed by atoms with Crippen LogP contribution in [0.25, 0.3) is 0 Å². The van der Waals surface area contributed by atoms with Gasteiger partial charge in [0.1, 0.15) is 4.21 Å². The SMILES string of the molecule is O=C(CCN1CCCC1=O)NNC(=O)c1ccccc1NS(=O)(=O)c1cccs1. The van der Waals surface area contributed by atoms with Gasteiger partial charge in [0.25, 0.3) is 15.9 Å². The molecular formula is C18H20N4O5S2. The summed E-state index contributed by atoms with van der Waals surface area (Å²) in [5.41, 5.74) is 4.71. The number of nitrogens with zero attached hydrogens (tertiary/aromatic N) is 1. The number of amides is 3. The average molecular weight is 437 g/mol. The van der Waals surface area contributed by atoms with Crippen molar-refractivity contribution in [2.45, 2.75) is 23.5 Å². The summed E-state index contributed by atoms with van der Waals surface area (Å²) in [6.07, 6.45) is 1.34. The third-order valence-corrected chi connectivity index (χ3v) is 7.03. The van der Waals surface area contributed by atoms with Crippen LogP contribution in [-0.4, -0.2) is 44.1 Å². The van der Waals surface area contributed by atoms with Gasteiger partial charge in [0.2, 0.25) is 11.8 Å². The average Bonchev–Trinajstić information content (AvgIpc) is 3.37. The molecule has 2 aromatic rings. The Morgan fingerprint density at radius 1 is 1.10 bits per heavy atom. The predicted octanol–water partition coefficient (Wildman–Crippen LogP) is 1.32. The van der Waals surface area contributed by atoms with Gasteiger partial charge in [-0.05, 0) is 30.0 Å². The number of thiophene rings is 1. The van der Waals surface area contributed by atoms with Crippen LogP contribution in [-0.2, 0) is 19.6 Å². The molecule has 2 heterocycles. The number of hydrogen-bond donors (Lipinski definition) is 3. The fraction of sp³-hybridized carbons (Fsp3) is 0.278. The number of para-hydroxylation sites is 1. The number of likely N-dealkylation sites (tertiary alicyclic amines) is 1. The molecule has 1 aliphatic heterocycles. The first-order valence-electron chi connectivity index (χ1n) is 8.89. The Morgan fingerprint density at radius 3 is 2.59 bits per heavy atom. The van der Waals surface area contributed by atoms with Crippen LogP contribution in [0.2, 0.25) is 0 Å². The van der Waals surface area contributed by atoms with Gasteiger partial charge in [-0.3, -0.25) is 30.0 Å². The molecule has 3 amide bonds. The molecule has 11 heteroatoms. The molecule has 0 radical (unpaired) electrons. The number of hydrazine groups is 1. The Bertz CT molecular complexity index is 1010. The molecule has 0 bridgehead atoms. The van der Waals surface area contributed by atoms with Gasteiger partial charge in [-0.25, -0.2) is 8.42 Å². The number of hydrogen-bond acceptors (Lipinski definition) is 6. The lowest BCUT2D eigenvalue weighted by atomic mass is 10.2. The highest BCUT2D eigenvalue weighted by atomic mass is 32.2. The molecule has 0 atom stereocenters. The molecule has 1 aliphatic rings. The Morgan fingerprint density at radius 2 is 1.90 bits per heavy atom. The Hall–Kier alpha value is -2.92. The zero-order valence-corrected chi connectivity index (χ0v) is 17.0. The van der Waals surface area contributed by atoms with Crippen molar-refractivity contribution < 1.29 is 22.8 Å². The highest BCUT2D eigenvalue weighted by Gasteiger charge is 2.21. The van der Waals surface area contributed by atoms with Crippen molar-refractivity contribution in [2.75, 3.05) is 17.8 Å². The van der Waals surface area contributed by atoms with E-state index in [-0.39, 0.29) is 34.3 Å². The number of rotatable bonds is 7. The largest absolute Gasteiger partial charge is 0.342 e. The highest BCUT2D eigenvalue weighted by molar-refractivity contribution is 7.94. The quantitative estimate of drug-likeness (QED) is 0.565. The van der Waals surface area contributed by atoms with E-state index in [1.807, 2.05) is 0 Å². The molecule has 154 valence electrons. The zero-order chi connectivity index (χ0) is 20.9. The summed E-state index contributed by atoms with van der Waals surface area (Å²) in [5.74, 6) is -1.09. The Labute approximate surface area is 172 Å². The van der Waals surface area contributed by atoms with E-state index in [1.165, 1.54) is 18.2 Å². The van der Waals surface area contributed by atoms with Crippen molar-refractivity contribution in [3.63, 3.8) is 0 Å². The van der Waals surface area contributed by atoms with Crippen LogP contribution in [0.3, 0.4) is 0 Å². The molecular weight excluding hydrogens is 416 g/mol. The number of sulfonamides is 1. The van der Waals surface area contributed by atoms with Crippen LogP contribution in [0.1, 0.15) is 29.6 Å². The van der Waals surface area contributed by atoms with E-state index in [0.29, 0.717) is 13.0 Å². The second-order valence-electron chi connectivity index (χ2n) is 6.32. The van der Waals surface area contributed by atoms with Gasteiger partial charge >= 0.3 is 0 Å². The van der Waals surface area contributed by atoms with E-state index in [9.17, 15) is 22.8 Å². The first kappa shape index (κ1) is 20.8. The second-order valence-corrected chi connectivity index (χ2v) is 9.18. The van der Waals surface area contributed by atoms with Crippen molar-refractivity contribution in [2.24, 2.45) is 0 Å². The summed E-state index contributed by atoms with van der Waals surface area (Å²) >= 11 is 1.06. The van der Waals surface area contributed by atoms with Crippen molar-refractivity contribution in [3.05, 3.63) is 47.3 Å². The molecule has 0 unspecified atom stereocenters. The molecule has 1 aromatic heterocycles. The summed E-state index contributed by atoms with van der Waals surface area (Å²) in [6.45, 7) is 0.925. The molecule has 1 aromatic carbocycles. The van der Waals surface area contributed by atoms with Gasteiger partial charge in [0.15, 0.2) is 0 Å². The Balaban J connectivity index is 1.58. The van der Waals surface area contributed by atoms with Crippen molar-refractivity contribution >= 4 is 44.8 Å². The lowest BCUT2D eigenvalue weighted by Crippen LogP contribution is -2.43. The topological polar surface area (TPSA) is 125 Å². The van der Waals surface area contributed by atoms with Crippen molar-refractivity contribution in [1.82, 2.24) is 15.8 Å². The van der Waals surface area contributed by atoms with Crippen LogP contribution in [0.5, 0.6) is 0 Å². The van der Waals surface area contributed by atoms with Gasteiger partial charge < -0.3 is 4.90 Å². The number of anilines is 1. The van der Waals surface area contributed by atoms with E-state index in [1.54, 1.807) is 28.5 Å². The van der Waals surface area contributed by atoms with Gasteiger partial charge in [-0.1, -0.05) is 18.2 Å². The molecule has 9 nitrogen and oxygen atoms in total. The molecule has 3 N–H and O–H groups in total. The van der Waals surface area contributed by atoms with E-state index < -0.39 is 21.8 Å². The van der Waals surface area contributed by atoms with Gasteiger partial charge in [0.05, 0.1) is 11.3 Å². The third-order valence-electron chi connectivity index (χ3n) is 4.27. The van der Waals surface area contributed by atoms with E-state index in [0.717, 1.165) is 17.8 Å². The summed E-state index contributed by atoms with van der Waals surface area (Å²) in [5, 5.41) is 1.64. The van der Waals surface area contributed by atoms with Gasteiger partial charge in [-0.2, -0.15) is 0 Å². The van der Waals surface area contributed by atoms with Crippen LogP contribution >= 0.6 is 11.3 Å². The zero-order valence-electron chi connectivity index (χ0n) is 15.4. The van der Waals surface area contributed by atoms with E-state index in [4.69, 9.17) is 0 Å². The van der Waals surface area contributed by atoms with Crippen LogP contribution in [0.15, 0.2) is 46.0 Å². The maximum absolute atomic E-state index is 12.4. The molecule has 1 fully saturated rings. The maximum atomic E-state index is 12.4. The van der Waals surface area contributed by atoms with E-state index in [2.05, 4.69) is 15.6 Å². The van der Waals surface area contributed by atoms with Crippen LogP contribution < -0.4 is 15.6 Å². The van der Waals surface area contributed by atoms with Gasteiger partial charge in [-0.15, -0.1) is 11.3 Å². The van der Waals surface area contributed by atoms with Gasteiger partial charge in [0, 0.05) is 25.9 Å². The molecule has 1 saturated heterocycles. The number of benzene rings is 1. The van der Waals surface area contributed by atoms with Crippen LogP contribution in [0.4, 0.5) is 5.69 Å². The minimum absolute atomic E-state index is 0.0220. The first-order valence-corrected chi connectivity index (χ1v) is 11.3. The monoisotopic (exact) mass is 436 g/mol. The number of carbonyl (C=O) groups excluding carboxylic acids is 3. The third kappa shape index (κ3) is 5.33. The maximum Gasteiger partial charge on any atom is 0.271 e. The number of nitrogens with one attached hydrogen (secondary N) is 3. The Kier molecular flexibility index (Phi) is 6.49. The predicted molar refractivity (Wildman–Crippen MR) is 108 cm³/mol. The standard InChI is InChI=1S/C18H20N4O5S2/c23-15(9-11-22-10-3-7-16(22)24)19-20-18(25)13-5-1-2-6-14(13)21-29(26,27)17-8-4-12-28-17/h1-2,4-6,8,12,21H,3,7,9-11H2,(H,19,23)(H,20,25). The lowest BCUT2D eigenvalue weighted by molar-refractivity contribution is -0.128. The fourth-order valence-corrected chi connectivity index (χ4v) is 4.89. The van der Waals surface area contributed by atoms with Crippen molar-refractivity contribution in [3.8, 4) is 0 Å². The molecule has 0 aliphatic carbocycles. The fourth-order valence-electron chi connectivity index (χ4n) is 2.81. The molecule has 3 rings (SSSR count). The molecule has 0 spiro atoms. The smallest absolute Gasteiger partial charge is 0.271 e. The van der Waals surface area contributed by atoms with Crippen LogP contribution in [0, 0.1) is 0 Å². The minimum atomic E-state index is -3.82. The molecule has 0 saturated carbocycles. The summed E-state index contributed by atoms with van der Waals surface area (Å²) < 4.78 is 27.3. The minimum Gasteiger partial charge on any atom is -0.342 e. The lowest BCUT2D eigenvalue weighted by Gasteiger charge is -2.15. The second kappa shape index (κ2) is 9.05. The normalized spacial score (nSPS) is 13.9. The summed E-state index contributed by atoms with van der Waals surface area (Å²) in [4.78, 5) is 37.5. The molecule has 29 heavy (non-hydrogen) atoms. The summed E-state index contributed by atoms with van der Waals surface area (Å²) in [7, 11) is -3.82. The highest BCUT2D eigenvalue weighted by Crippen LogP contribution is 2.22. The van der Waals surface area contributed by atoms with Crippen molar-refractivity contribution in [1.29, 1.82) is 0 Å². The first-order chi connectivity index (χ1) is 13.9. The number of carbonyl (C=O) groups is 3. The van der Waals surface area contributed by atoms with E-state index >= 15 is 0 Å². The summed E-state index contributed by atoms with van der Waals surface area (Å²) in [6, 6.07) is 9.15.